The standard InChI is InChI=1S/C21H32/c1-21(2,19-11-7-4-8-12-19)20-15-13-18(14-16-20)17-9-5-3-6-10-17/h13-17,19H,3-12H2,1-2H3. The van der Waals surface area contributed by atoms with E-state index in [4.69, 9.17) is 0 Å². The lowest BCUT2D eigenvalue weighted by atomic mass is 9.67. The molecule has 0 radical (unpaired) electrons. The first-order valence-corrected chi connectivity index (χ1v) is 9.28. The first-order valence-electron chi connectivity index (χ1n) is 9.28. The fourth-order valence-electron chi connectivity index (χ4n) is 4.68. The molecule has 0 aliphatic heterocycles. The van der Waals surface area contributed by atoms with E-state index in [-0.39, 0.29) is 0 Å². The van der Waals surface area contributed by atoms with E-state index in [1.165, 1.54) is 64.2 Å². The maximum absolute atomic E-state index is 2.47. The third kappa shape index (κ3) is 3.35. The van der Waals surface area contributed by atoms with Gasteiger partial charge in [0, 0.05) is 0 Å². The molecule has 2 saturated carbocycles. The Bertz CT molecular complexity index is 428. The molecule has 3 rings (SSSR count). The molecule has 0 unspecified atom stereocenters. The van der Waals surface area contributed by atoms with Crippen molar-refractivity contribution in [1.29, 1.82) is 0 Å². The van der Waals surface area contributed by atoms with Crippen LogP contribution in [0.1, 0.15) is 95.1 Å². The van der Waals surface area contributed by atoms with Gasteiger partial charge in [-0.1, -0.05) is 76.6 Å². The predicted octanol–water partition coefficient (Wildman–Crippen LogP) is 6.59. The minimum atomic E-state index is 0.353. The maximum atomic E-state index is 2.47. The zero-order valence-electron chi connectivity index (χ0n) is 14.0. The topological polar surface area (TPSA) is 0 Å². The molecule has 21 heavy (non-hydrogen) atoms. The molecule has 0 heterocycles. The summed E-state index contributed by atoms with van der Waals surface area (Å²) in [5.41, 5.74) is 3.51. The molecule has 2 aliphatic carbocycles. The Morgan fingerprint density at radius 3 is 1.81 bits per heavy atom. The van der Waals surface area contributed by atoms with Gasteiger partial charge in [-0.25, -0.2) is 0 Å². The summed E-state index contributed by atoms with van der Waals surface area (Å²) in [5, 5.41) is 0. The van der Waals surface area contributed by atoms with Crippen molar-refractivity contribution in [3.8, 4) is 0 Å². The van der Waals surface area contributed by atoms with Gasteiger partial charge < -0.3 is 0 Å². The Balaban J connectivity index is 1.73. The summed E-state index contributed by atoms with van der Waals surface area (Å²) in [6.45, 7) is 4.94. The van der Waals surface area contributed by atoms with Crippen LogP contribution in [0.4, 0.5) is 0 Å². The average Bonchev–Trinajstić information content (AvgIpc) is 2.57. The van der Waals surface area contributed by atoms with E-state index in [1.807, 2.05) is 0 Å². The van der Waals surface area contributed by atoms with Crippen LogP contribution in [0, 0.1) is 5.92 Å². The van der Waals surface area contributed by atoms with Crippen molar-refractivity contribution in [2.45, 2.75) is 89.4 Å². The van der Waals surface area contributed by atoms with Crippen LogP contribution in [0.5, 0.6) is 0 Å². The molecule has 1 aromatic rings. The van der Waals surface area contributed by atoms with Gasteiger partial charge in [0.2, 0.25) is 0 Å². The van der Waals surface area contributed by atoms with Crippen molar-refractivity contribution in [2.75, 3.05) is 0 Å². The van der Waals surface area contributed by atoms with Crippen LogP contribution in [0.3, 0.4) is 0 Å². The summed E-state index contributed by atoms with van der Waals surface area (Å²) in [6.07, 6.45) is 14.3. The number of hydrogen-bond acceptors (Lipinski definition) is 0. The maximum Gasteiger partial charge on any atom is -0.00753 e. The molecular formula is C21H32. The van der Waals surface area contributed by atoms with E-state index in [1.54, 1.807) is 11.1 Å². The Labute approximate surface area is 131 Å². The second-order valence-electron chi connectivity index (χ2n) is 8.01. The zero-order chi connectivity index (χ0) is 14.7. The van der Waals surface area contributed by atoms with Crippen LogP contribution < -0.4 is 0 Å². The molecular weight excluding hydrogens is 252 g/mol. The van der Waals surface area contributed by atoms with Crippen LogP contribution in [0.2, 0.25) is 0 Å². The molecule has 0 atom stereocenters. The van der Waals surface area contributed by atoms with Crippen LogP contribution in [-0.4, -0.2) is 0 Å². The van der Waals surface area contributed by atoms with Crippen molar-refractivity contribution >= 4 is 0 Å². The second kappa shape index (κ2) is 6.55. The summed E-state index contributed by atoms with van der Waals surface area (Å²) in [4.78, 5) is 0. The molecule has 0 saturated heterocycles. The molecule has 0 bridgehead atoms. The van der Waals surface area contributed by atoms with Crippen LogP contribution >= 0.6 is 0 Å². The molecule has 0 amide bonds. The van der Waals surface area contributed by atoms with E-state index in [2.05, 4.69) is 38.1 Å². The van der Waals surface area contributed by atoms with Crippen molar-refractivity contribution in [1.82, 2.24) is 0 Å². The smallest absolute Gasteiger partial charge is 0.00753 e. The molecule has 0 spiro atoms. The number of rotatable bonds is 3. The lowest BCUT2D eigenvalue weighted by Gasteiger charge is -2.38. The van der Waals surface area contributed by atoms with Gasteiger partial charge in [-0.3, -0.25) is 0 Å². The van der Waals surface area contributed by atoms with E-state index in [0.717, 1.165) is 11.8 Å². The van der Waals surface area contributed by atoms with Crippen molar-refractivity contribution in [2.24, 2.45) is 5.92 Å². The fraction of sp³-hybridized carbons (Fsp3) is 0.714. The van der Waals surface area contributed by atoms with Gasteiger partial charge in [-0.2, -0.15) is 0 Å². The number of hydrogen-bond donors (Lipinski definition) is 0. The van der Waals surface area contributed by atoms with Crippen molar-refractivity contribution in [3.63, 3.8) is 0 Å². The molecule has 0 aromatic heterocycles. The largest absolute Gasteiger partial charge is 0.0585 e. The highest BCUT2D eigenvalue weighted by Gasteiger charge is 2.32. The van der Waals surface area contributed by atoms with Gasteiger partial charge in [0.15, 0.2) is 0 Å². The molecule has 2 fully saturated rings. The van der Waals surface area contributed by atoms with Crippen LogP contribution in [0.25, 0.3) is 0 Å². The van der Waals surface area contributed by atoms with Gasteiger partial charge in [0.25, 0.3) is 0 Å². The minimum Gasteiger partial charge on any atom is -0.0585 e. The molecule has 0 nitrogen and oxygen atoms in total. The summed E-state index contributed by atoms with van der Waals surface area (Å²) < 4.78 is 0. The summed E-state index contributed by atoms with van der Waals surface area (Å²) in [6, 6.07) is 9.77. The first kappa shape index (κ1) is 15.1. The lowest BCUT2D eigenvalue weighted by Crippen LogP contribution is -2.30. The Morgan fingerprint density at radius 1 is 0.714 bits per heavy atom. The molecule has 2 aliphatic rings. The zero-order valence-corrected chi connectivity index (χ0v) is 14.0. The van der Waals surface area contributed by atoms with E-state index < -0.39 is 0 Å². The van der Waals surface area contributed by atoms with Crippen LogP contribution in [-0.2, 0) is 5.41 Å². The average molecular weight is 284 g/mol. The minimum absolute atomic E-state index is 0.353. The van der Waals surface area contributed by atoms with Gasteiger partial charge in [0.05, 0.1) is 0 Å². The molecule has 0 N–H and O–H groups in total. The van der Waals surface area contributed by atoms with Crippen molar-refractivity contribution in [3.05, 3.63) is 35.4 Å². The fourth-order valence-corrected chi connectivity index (χ4v) is 4.68. The Hall–Kier alpha value is -0.780. The van der Waals surface area contributed by atoms with Gasteiger partial charge in [-0.05, 0) is 54.1 Å². The van der Waals surface area contributed by atoms with Gasteiger partial charge >= 0.3 is 0 Å². The second-order valence-corrected chi connectivity index (χ2v) is 8.01. The van der Waals surface area contributed by atoms with E-state index in [9.17, 15) is 0 Å². The summed E-state index contributed by atoms with van der Waals surface area (Å²) >= 11 is 0. The molecule has 0 heteroatoms. The lowest BCUT2D eigenvalue weighted by molar-refractivity contribution is 0.236. The summed E-state index contributed by atoms with van der Waals surface area (Å²) in [5.74, 6) is 1.72. The summed E-state index contributed by atoms with van der Waals surface area (Å²) in [7, 11) is 0. The van der Waals surface area contributed by atoms with Gasteiger partial charge in [-0.15, -0.1) is 0 Å². The van der Waals surface area contributed by atoms with Gasteiger partial charge in [0.1, 0.15) is 0 Å². The number of benzene rings is 1. The third-order valence-corrected chi connectivity index (χ3v) is 6.36. The highest BCUT2D eigenvalue weighted by molar-refractivity contribution is 5.31. The quantitative estimate of drug-likeness (QED) is 0.587. The van der Waals surface area contributed by atoms with Crippen LogP contribution in [0.15, 0.2) is 24.3 Å². The Kier molecular flexibility index (Phi) is 4.72. The van der Waals surface area contributed by atoms with E-state index >= 15 is 0 Å². The third-order valence-electron chi connectivity index (χ3n) is 6.36. The normalized spacial score (nSPS) is 22.4. The highest BCUT2D eigenvalue weighted by Crippen LogP contribution is 2.41. The molecule has 1 aromatic carbocycles. The van der Waals surface area contributed by atoms with Crippen molar-refractivity contribution < 1.29 is 0 Å². The Morgan fingerprint density at radius 2 is 1.24 bits per heavy atom. The first-order chi connectivity index (χ1) is 10.2. The van der Waals surface area contributed by atoms with E-state index in [0.29, 0.717) is 5.41 Å². The monoisotopic (exact) mass is 284 g/mol. The predicted molar refractivity (Wildman–Crippen MR) is 91.9 cm³/mol. The highest BCUT2D eigenvalue weighted by atomic mass is 14.4. The SMILES string of the molecule is CC(C)(c1ccc(C2CCCCC2)cc1)C1CCCCC1. The molecule has 116 valence electrons.